The van der Waals surface area contributed by atoms with Gasteiger partial charge in [-0.15, -0.1) is 11.6 Å². The highest BCUT2D eigenvalue weighted by molar-refractivity contribution is 6.21. The van der Waals surface area contributed by atoms with Crippen LogP contribution in [-0.4, -0.2) is 5.38 Å². The molecule has 0 fully saturated rings. The van der Waals surface area contributed by atoms with Crippen LogP contribution in [0.25, 0.3) is 0 Å². The number of hydrogen-bond donors (Lipinski definition) is 0. The van der Waals surface area contributed by atoms with Crippen LogP contribution in [-0.2, 0) is 6.42 Å². The zero-order valence-corrected chi connectivity index (χ0v) is 10.7. The number of hydrogen-bond acceptors (Lipinski definition) is 0. The van der Waals surface area contributed by atoms with Gasteiger partial charge in [-0.2, -0.15) is 0 Å². The van der Waals surface area contributed by atoms with Crippen LogP contribution in [0, 0.1) is 0 Å². The number of rotatable bonds is 5. The normalized spacial score (nSPS) is 14.9. The molecule has 0 saturated carbocycles. The van der Waals surface area contributed by atoms with E-state index in [0.29, 0.717) is 5.92 Å². The Hall–Kier alpha value is -0.490. The fraction of sp³-hybridized carbons (Fsp3) is 0.571. The standard InChI is InChI=1S/C14H21Cl/c1-4-6-12-7-9-13(10-8-12)11(3)14(15)5-2/h7-11,14H,4-6H2,1-3H3. The predicted molar refractivity (Wildman–Crippen MR) is 68.8 cm³/mol. The van der Waals surface area contributed by atoms with Crippen molar-refractivity contribution < 1.29 is 0 Å². The van der Waals surface area contributed by atoms with Gasteiger partial charge in [-0.3, -0.25) is 0 Å². The Morgan fingerprint density at radius 3 is 2.20 bits per heavy atom. The minimum Gasteiger partial charge on any atom is -0.122 e. The fourth-order valence-corrected chi connectivity index (χ4v) is 1.98. The lowest BCUT2D eigenvalue weighted by molar-refractivity contribution is 0.674. The molecule has 0 aromatic heterocycles. The molecule has 2 atom stereocenters. The monoisotopic (exact) mass is 224 g/mol. The van der Waals surface area contributed by atoms with Gasteiger partial charge in [0.05, 0.1) is 0 Å². The van der Waals surface area contributed by atoms with Crippen molar-refractivity contribution in [1.29, 1.82) is 0 Å². The molecule has 0 aliphatic rings. The van der Waals surface area contributed by atoms with E-state index in [2.05, 4.69) is 45.0 Å². The van der Waals surface area contributed by atoms with Crippen LogP contribution in [0.5, 0.6) is 0 Å². The third kappa shape index (κ3) is 3.53. The maximum atomic E-state index is 6.25. The second-order valence-electron chi connectivity index (χ2n) is 4.20. The summed E-state index contributed by atoms with van der Waals surface area (Å²) in [6.07, 6.45) is 3.41. The van der Waals surface area contributed by atoms with Crippen molar-refractivity contribution in [3.8, 4) is 0 Å². The van der Waals surface area contributed by atoms with Gasteiger partial charge in [-0.25, -0.2) is 0 Å². The van der Waals surface area contributed by atoms with Gasteiger partial charge in [0.2, 0.25) is 0 Å². The first kappa shape index (κ1) is 12.6. The average molecular weight is 225 g/mol. The quantitative estimate of drug-likeness (QED) is 0.633. The molecule has 0 aliphatic heterocycles. The molecule has 84 valence electrons. The lowest BCUT2D eigenvalue weighted by Gasteiger charge is -2.17. The molecular weight excluding hydrogens is 204 g/mol. The molecule has 1 rings (SSSR count). The molecule has 1 heteroatoms. The van der Waals surface area contributed by atoms with Crippen LogP contribution in [0.3, 0.4) is 0 Å². The first-order valence-corrected chi connectivity index (χ1v) is 6.35. The molecule has 0 radical (unpaired) electrons. The first-order valence-electron chi connectivity index (χ1n) is 5.91. The molecule has 0 spiro atoms. The van der Waals surface area contributed by atoms with Crippen LogP contribution in [0.2, 0.25) is 0 Å². The van der Waals surface area contributed by atoms with Crippen molar-refractivity contribution in [3.63, 3.8) is 0 Å². The molecule has 0 saturated heterocycles. The van der Waals surface area contributed by atoms with Crippen molar-refractivity contribution in [2.45, 2.75) is 51.3 Å². The predicted octanol–water partition coefficient (Wildman–Crippen LogP) is 4.76. The molecule has 1 aromatic rings. The van der Waals surface area contributed by atoms with E-state index in [4.69, 9.17) is 11.6 Å². The second-order valence-corrected chi connectivity index (χ2v) is 4.77. The highest BCUT2D eigenvalue weighted by atomic mass is 35.5. The van der Waals surface area contributed by atoms with E-state index >= 15 is 0 Å². The summed E-state index contributed by atoms with van der Waals surface area (Å²) in [6, 6.07) is 8.91. The maximum Gasteiger partial charge on any atom is 0.0399 e. The van der Waals surface area contributed by atoms with Crippen LogP contribution in [0.4, 0.5) is 0 Å². The van der Waals surface area contributed by atoms with E-state index in [1.807, 2.05) is 0 Å². The third-order valence-corrected chi connectivity index (χ3v) is 3.66. The van der Waals surface area contributed by atoms with Crippen molar-refractivity contribution in [1.82, 2.24) is 0 Å². The van der Waals surface area contributed by atoms with Gasteiger partial charge in [0.1, 0.15) is 0 Å². The van der Waals surface area contributed by atoms with Gasteiger partial charge in [0.25, 0.3) is 0 Å². The van der Waals surface area contributed by atoms with Gasteiger partial charge in [-0.05, 0) is 29.9 Å². The van der Waals surface area contributed by atoms with E-state index in [0.717, 1.165) is 6.42 Å². The lowest BCUT2D eigenvalue weighted by Crippen LogP contribution is -2.08. The lowest BCUT2D eigenvalue weighted by atomic mass is 9.95. The van der Waals surface area contributed by atoms with Gasteiger partial charge in [0, 0.05) is 5.38 Å². The summed E-state index contributed by atoms with van der Waals surface area (Å²) < 4.78 is 0. The largest absolute Gasteiger partial charge is 0.122 e. The fourth-order valence-electron chi connectivity index (χ4n) is 1.84. The second kappa shape index (κ2) is 6.17. The minimum absolute atomic E-state index is 0.252. The molecule has 0 amide bonds. The van der Waals surface area contributed by atoms with E-state index < -0.39 is 0 Å². The summed E-state index contributed by atoms with van der Waals surface area (Å²) in [5.74, 6) is 0.451. The number of aryl methyl sites for hydroxylation is 1. The van der Waals surface area contributed by atoms with Crippen LogP contribution in [0.1, 0.15) is 50.7 Å². The summed E-state index contributed by atoms with van der Waals surface area (Å²) in [4.78, 5) is 0. The Balaban J connectivity index is 2.70. The van der Waals surface area contributed by atoms with Crippen LogP contribution < -0.4 is 0 Å². The van der Waals surface area contributed by atoms with Gasteiger partial charge >= 0.3 is 0 Å². The molecule has 2 unspecified atom stereocenters. The van der Waals surface area contributed by atoms with E-state index in [-0.39, 0.29) is 5.38 Å². The zero-order valence-electron chi connectivity index (χ0n) is 9.96. The Labute approximate surface area is 98.7 Å². The molecule has 0 bridgehead atoms. The molecule has 0 heterocycles. The topological polar surface area (TPSA) is 0 Å². The van der Waals surface area contributed by atoms with Crippen LogP contribution >= 0.6 is 11.6 Å². The summed E-state index contributed by atoms with van der Waals surface area (Å²) in [5, 5.41) is 0.252. The molecular formula is C14H21Cl. The molecule has 1 aromatic carbocycles. The zero-order chi connectivity index (χ0) is 11.3. The highest BCUT2D eigenvalue weighted by Crippen LogP contribution is 2.25. The van der Waals surface area contributed by atoms with Crippen LogP contribution in [0.15, 0.2) is 24.3 Å². The third-order valence-electron chi connectivity index (χ3n) is 2.98. The van der Waals surface area contributed by atoms with Gasteiger partial charge in [-0.1, -0.05) is 51.5 Å². The van der Waals surface area contributed by atoms with E-state index in [1.54, 1.807) is 0 Å². The maximum absolute atomic E-state index is 6.25. The first-order chi connectivity index (χ1) is 7.19. The Morgan fingerprint density at radius 1 is 1.13 bits per heavy atom. The smallest absolute Gasteiger partial charge is 0.0399 e. The highest BCUT2D eigenvalue weighted by Gasteiger charge is 2.13. The number of benzene rings is 1. The summed E-state index contributed by atoms with van der Waals surface area (Å²) in [7, 11) is 0. The van der Waals surface area contributed by atoms with Crippen molar-refractivity contribution >= 4 is 11.6 Å². The van der Waals surface area contributed by atoms with Gasteiger partial charge in [0.15, 0.2) is 0 Å². The van der Waals surface area contributed by atoms with Crippen molar-refractivity contribution in [3.05, 3.63) is 35.4 Å². The Bertz CT molecular complexity index is 276. The number of alkyl halides is 1. The van der Waals surface area contributed by atoms with E-state index in [1.165, 1.54) is 24.0 Å². The Kier molecular flexibility index (Phi) is 5.17. The summed E-state index contributed by atoms with van der Waals surface area (Å²) in [5.41, 5.74) is 2.78. The van der Waals surface area contributed by atoms with Crippen molar-refractivity contribution in [2.24, 2.45) is 0 Å². The molecule has 0 nitrogen and oxygen atoms in total. The minimum atomic E-state index is 0.252. The number of halogens is 1. The molecule has 0 N–H and O–H groups in total. The summed E-state index contributed by atoms with van der Waals surface area (Å²) >= 11 is 6.25. The molecule has 15 heavy (non-hydrogen) atoms. The van der Waals surface area contributed by atoms with Crippen molar-refractivity contribution in [2.75, 3.05) is 0 Å². The average Bonchev–Trinajstić information content (AvgIpc) is 2.28. The van der Waals surface area contributed by atoms with E-state index in [9.17, 15) is 0 Å². The SMILES string of the molecule is CCCc1ccc(C(C)C(Cl)CC)cc1. The molecule has 0 aliphatic carbocycles. The Morgan fingerprint density at radius 2 is 1.73 bits per heavy atom. The van der Waals surface area contributed by atoms with Gasteiger partial charge < -0.3 is 0 Å². The summed E-state index contributed by atoms with van der Waals surface area (Å²) in [6.45, 7) is 6.55.